The first-order valence-corrected chi connectivity index (χ1v) is 8.38. The average Bonchev–Trinajstić information content (AvgIpc) is 2.56. The third kappa shape index (κ3) is 4.27. The van der Waals surface area contributed by atoms with Gasteiger partial charge in [-0.1, -0.05) is 12.1 Å². The minimum atomic E-state index is -4.06. The molecule has 0 aliphatic carbocycles. The van der Waals surface area contributed by atoms with Crippen molar-refractivity contribution in [1.29, 1.82) is 0 Å². The summed E-state index contributed by atoms with van der Waals surface area (Å²) in [5, 5.41) is 11.1. The Bertz CT molecular complexity index is 837. The second kappa shape index (κ2) is 7.37. The molecule has 0 fully saturated rings. The highest BCUT2D eigenvalue weighted by molar-refractivity contribution is 7.89. The smallest absolute Gasteiger partial charge is 0.293 e. The lowest BCUT2D eigenvalue weighted by atomic mass is 10.1. The van der Waals surface area contributed by atoms with E-state index in [0.29, 0.717) is 6.42 Å². The van der Waals surface area contributed by atoms with E-state index in [1.54, 1.807) is 12.1 Å². The van der Waals surface area contributed by atoms with Crippen molar-refractivity contribution in [2.45, 2.75) is 11.3 Å². The van der Waals surface area contributed by atoms with E-state index in [-0.39, 0.29) is 18.1 Å². The maximum atomic E-state index is 12.8. The van der Waals surface area contributed by atoms with Gasteiger partial charge >= 0.3 is 0 Å². The van der Waals surface area contributed by atoms with Crippen molar-refractivity contribution in [1.82, 2.24) is 4.72 Å². The molecule has 0 saturated carbocycles. The molecule has 128 valence electrons. The van der Waals surface area contributed by atoms with Gasteiger partial charge in [0, 0.05) is 6.54 Å². The van der Waals surface area contributed by atoms with Crippen molar-refractivity contribution >= 4 is 15.7 Å². The van der Waals surface area contributed by atoms with Crippen LogP contribution in [0.5, 0.6) is 5.75 Å². The molecule has 0 aliphatic rings. The summed E-state index contributed by atoms with van der Waals surface area (Å²) in [5.41, 5.74) is 0.173. The zero-order chi connectivity index (χ0) is 17.7. The average molecular weight is 354 g/mol. The van der Waals surface area contributed by atoms with Crippen molar-refractivity contribution in [2.75, 3.05) is 13.7 Å². The molecular weight excluding hydrogens is 339 g/mol. The van der Waals surface area contributed by atoms with Crippen LogP contribution in [-0.4, -0.2) is 27.0 Å². The molecule has 0 bridgehead atoms. The molecule has 0 aromatic heterocycles. The van der Waals surface area contributed by atoms with Gasteiger partial charge < -0.3 is 4.74 Å². The number of hydrogen-bond donors (Lipinski definition) is 1. The predicted octanol–water partition coefficient (Wildman–Crippen LogP) is 2.26. The van der Waals surface area contributed by atoms with Crippen LogP contribution in [0.2, 0.25) is 0 Å². The Morgan fingerprint density at radius 2 is 1.88 bits per heavy atom. The zero-order valence-corrected chi connectivity index (χ0v) is 13.5. The fourth-order valence-electron chi connectivity index (χ4n) is 2.05. The highest BCUT2D eigenvalue weighted by Gasteiger charge is 2.26. The summed E-state index contributed by atoms with van der Waals surface area (Å²) in [6.07, 6.45) is 0.323. The Labute approximate surface area is 138 Å². The van der Waals surface area contributed by atoms with Crippen LogP contribution >= 0.6 is 0 Å². The number of rotatable bonds is 7. The largest absolute Gasteiger partial charge is 0.497 e. The molecule has 2 aromatic carbocycles. The number of benzene rings is 2. The summed E-state index contributed by atoms with van der Waals surface area (Å²) >= 11 is 0. The maximum Gasteiger partial charge on any atom is 0.293 e. The number of hydrogen-bond acceptors (Lipinski definition) is 5. The topological polar surface area (TPSA) is 98.5 Å². The van der Waals surface area contributed by atoms with Gasteiger partial charge in [0.2, 0.25) is 10.0 Å². The molecule has 0 saturated heterocycles. The second-order valence-electron chi connectivity index (χ2n) is 4.87. The second-order valence-corrected chi connectivity index (χ2v) is 6.60. The van der Waals surface area contributed by atoms with Crippen LogP contribution in [0.25, 0.3) is 0 Å². The minimum Gasteiger partial charge on any atom is -0.497 e. The van der Waals surface area contributed by atoms with Gasteiger partial charge in [-0.3, -0.25) is 10.1 Å². The monoisotopic (exact) mass is 354 g/mol. The quantitative estimate of drug-likeness (QED) is 0.607. The van der Waals surface area contributed by atoms with Crippen LogP contribution in [0, 0.1) is 15.9 Å². The van der Waals surface area contributed by atoms with E-state index in [0.717, 1.165) is 17.7 Å². The lowest BCUT2D eigenvalue weighted by Crippen LogP contribution is -2.26. The van der Waals surface area contributed by atoms with E-state index >= 15 is 0 Å². The molecule has 9 heteroatoms. The first-order chi connectivity index (χ1) is 11.3. The molecule has 1 N–H and O–H groups in total. The van der Waals surface area contributed by atoms with E-state index in [9.17, 15) is 22.9 Å². The summed E-state index contributed by atoms with van der Waals surface area (Å²) in [7, 11) is -2.73. The van der Waals surface area contributed by atoms with Crippen molar-refractivity contribution < 1.29 is 22.5 Å². The number of ether oxygens (including phenoxy) is 1. The highest BCUT2D eigenvalue weighted by Crippen LogP contribution is 2.28. The van der Waals surface area contributed by atoms with Gasteiger partial charge in [0.25, 0.3) is 5.69 Å². The molecule has 0 spiro atoms. The van der Waals surface area contributed by atoms with Gasteiger partial charge in [0.15, 0.2) is 4.90 Å². The van der Waals surface area contributed by atoms with Crippen LogP contribution in [-0.2, 0) is 16.4 Å². The molecule has 0 atom stereocenters. The molecule has 2 aromatic rings. The van der Waals surface area contributed by atoms with Crippen LogP contribution < -0.4 is 9.46 Å². The normalized spacial score (nSPS) is 11.2. The Morgan fingerprint density at radius 1 is 1.21 bits per heavy atom. The van der Waals surface area contributed by atoms with Crippen molar-refractivity contribution in [3.63, 3.8) is 0 Å². The number of nitrogens with zero attached hydrogens (tertiary/aromatic N) is 1. The van der Waals surface area contributed by atoms with Crippen LogP contribution in [0.15, 0.2) is 47.4 Å². The molecule has 0 heterocycles. The Kier molecular flexibility index (Phi) is 5.47. The van der Waals surface area contributed by atoms with E-state index < -0.39 is 25.5 Å². The predicted molar refractivity (Wildman–Crippen MR) is 84.9 cm³/mol. The third-order valence-electron chi connectivity index (χ3n) is 3.27. The van der Waals surface area contributed by atoms with Crippen LogP contribution in [0.3, 0.4) is 0 Å². The minimum absolute atomic E-state index is 0.0249. The molecule has 7 nitrogen and oxygen atoms in total. The van der Waals surface area contributed by atoms with Crippen LogP contribution in [0.4, 0.5) is 10.1 Å². The fourth-order valence-corrected chi connectivity index (χ4v) is 3.23. The summed E-state index contributed by atoms with van der Waals surface area (Å²) in [6.45, 7) is 0.0249. The molecule has 0 radical (unpaired) electrons. The number of nitro benzene ring substituents is 1. The lowest BCUT2D eigenvalue weighted by molar-refractivity contribution is -0.387. The standard InChI is InChI=1S/C15H15FN2O5S/c1-23-13-6-7-15(14(10-13)18(19)20)24(21,22)17-9-8-11-2-4-12(16)5-3-11/h2-7,10,17H,8-9H2,1H3. The third-order valence-corrected chi connectivity index (χ3v) is 4.78. The SMILES string of the molecule is COc1ccc(S(=O)(=O)NCCc2ccc(F)cc2)c([N+](=O)[O-])c1. The fraction of sp³-hybridized carbons (Fsp3) is 0.200. The molecule has 24 heavy (non-hydrogen) atoms. The van der Waals surface area contributed by atoms with Crippen molar-refractivity contribution in [2.24, 2.45) is 0 Å². The Hall–Kier alpha value is -2.52. The summed E-state index contributed by atoms with van der Waals surface area (Å²) < 4.78 is 44.6. The molecule has 0 aliphatic heterocycles. The van der Waals surface area contributed by atoms with Gasteiger partial charge in [-0.15, -0.1) is 0 Å². The van der Waals surface area contributed by atoms with Gasteiger partial charge in [-0.25, -0.2) is 17.5 Å². The molecular formula is C15H15FN2O5S. The zero-order valence-electron chi connectivity index (χ0n) is 12.7. The number of methoxy groups -OCH3 is 1. The van der Waals surface area contributed by atoms with E-state index in [1.165, 1.54) is 25.3 Å². The van der Waals surface area contributed by atoms with Crippen molar-refractivity contribution in [3.05, 3.63) is 64.0 Å². The highest BCUT2D eigenvalue weighted by atomic mass is 32.2. The Balaban J connectivity index is 2.15. The number of halogens is 1. The first-order valence-electron chi connectivity index (χ1n) is 6.90. The van der Waals surface area contributed by atoms with Crippen LogP contribution in [0.1, 0.15) is 5.56 Å². The maximum absolute atomic E-state index is 12.8. The Morgan fingerprint density at radius 3 is 2.46 bits per heavy atom. The number of nitrogens with one attached hydrogen (secondary N) is 1. The lowest BCUT2D eigenvalue weighted by Gasteiger charge is -2.08. The molecule has 0 amide bonds. The van der Waals surface area contributed by atoms with Gasteiger partial charge in [0.05, 0.1) is 18.1 Å². The van der Waals surface area contributed by atoms with Crippen molar-refractivity contribution in [3.8, 4) is 5.75 Å². The summed E-state index contributed by atoms with van der Waals surface area (Å²) in [4.78, 5) is 9.87. The van der Waals surface area contributed by atoms with E-state index in [2.05, 4.69) is 4.72 Å². The number of sulfonamides is 1. The van der Waals surface area contributed by atoms with E-state index in [4.69, 9.17) is 4.74 Å². The van der Waals surface area contributed by atoms with Gasteiger partial charge in [-0.05, 0) is 36.2 Å². The van der Waals surface area contributed by atoms with E-state index in [1.807, 2.05) is 0 Å². The first kappa shape index (κ1) is 17.8. The molecule has 2 rings (SSSR count). The summed E-state index contributed by atoms with van der Waals surface area (Å²) in [5.74, 6) is -0.194. The number of nitro groups is 1. The summed E-state index contributed by atoms with van der Waals surface area (Å²) in [6, 6.07) is 9.14. The van der Waals surface area contributed by atoms with Gasteiger partial charge in [-0.2, -0.15) is 0 Å². The molecule has 0 unspecified atom stereocenters. The van der Waals surface area contributed by atoms with Gasteiger partial charge in [0.1, 0.15) is 11.6 Å².